The van der Waals surface area contributed by atoms with E-state index in [2.05, 4.69) is 0 Å². The van der Waals surface area contributed by atoms with Crippen molar-refractivity contribution < 1.29 is 16.8 Å². The van der Waals surface area contributed by atoms with Gasteiger partial charge in [-0.05, 0) is 18.7 Å². The van der Waals surface area contributed by atoms with E-state index >= 15 is 0 Å². The molecule has 0 spiro atoms. The van der Waals surface area contributed by atoms with Crippen LogP contribution in [-0.4, -0.2) is 40.8 Å². The van der Waals surface area contributed by atoms with Crippen LogP contribution in [0, 0.1) is 0 Å². The van der Waals surface area contributed by atoms with Crippen LogP contribution in [0.4, 0.5) is 11.4 Å². The van der Waals surface area contributed by atoms with Crippen LogP contribution >= 0.6 is 0 Å². The summed E-state index contributed by atoms with van der Waals surface area (Å²) < 4.78 is 53.9. The number of fused-ring (bicyclic) bond motifs is 6. The zero-order chi connectivity index (χ0) is 19.6. The Morgan fingerprint density at radius 3 is 1.44 bits per heavy atom. The summed E-state index contributed by atoms with van der Waals surface area (Å²) in [5.41, 5.74) is 2.34. The quantitative estimate of drug-likeness (QED) is 0.780. The lowest BCUT2D eigenvalue weighted by Gasteiger charge is -2.55. The molecule has 0 radical (unpaired) electrons. The second-order valence-electron chi connectivity index (χ2n) is 6.81. The molecule has 0 N–H and O–H groups in total. The van der Waals surface area contributed by atoms with Crippen molar-refractivity contribution in [3.05, 3.63) is 59.7 Å². The van der Waals surface area contributed by atoms with Crippen LogP contribution < -0.4 is 8.61 Å². The molecular weight excluding hydrogens is 386 g/mol. The van der Waals surface area contributed by atoms with Crippen molar-refractivity contribution in [2.75, 3.05) is 27.7 Å². The molecule has 0 aliphatic carbocycles. The van der Waals surface area contributed by atoms with Crippen LogP contribution in [0.25, 0.3) is 0 Å². The van der Waals surface area contributed by atoms with Crippen molar-refractivity contribution in [3.8, 4) is 0 Å². The van der Waals surface area contributed by atoms with Gasteiger partial charge in [-0.25, -0.2) is 25.4 Å². The fourth-order valence-electron chi connectivity index (χ4n) is 4.16. The maximum absolute atomic E-state index is 12.8. The lowest BCUT2D eigenvalue weighted by atomic mass is 9.96. The predicted octanol–water partition coefficient (Wildman–Crippen LogP) is 2.27. The number of sulfonamides is 2. The smallest absolute Gasteiger partial charge is 0.233 e. The maximum Gasteiger partial charge on any atom is 0.233 e. The summed E-state index contributed by atoms with van der Waals surface area (Å²) in [5.74, 6) is 0. The Balaban J connectivity index is 2.14. The minimum atomic E-state index is -3.61. The zero-order valence-electron chi connectivity index (χ0n) is 15.3. The van der Waals surface area contributed by atoms with Gasteiger partial charge in [-0.3, -0.25) is 4.90 Å². The molecule has 27 heavy (non-hydrogen) atoms. The fraction of sp³-hybridized carbons (Fsp3) is 0.333. The zero-order valence-corrected chi connectivity index (χ0v) is 16.9. The first kappa shape index (κ1) is 18.3. The minimum absolute atomic E-state index is 0.482. The van der Waals surface area contributed by atoms with Crippen molar-refractivity contribution in [2.45, 2.75) is 19.3 Å². The van der Waals surface area contributed by atoms with Gasteiger partial charge in [0.05, 0.1) is 23.9 Å². The van der Waals surface area contributed by atoms with E-state index in [9.17, 15) is 16.8 Å². The highest BCUT2D eigenvalue weighted by atomic mass is 32.2. The number of rotatable bonds is 3. The number of hydrogen-bond donors (Lipinski definition) is 0. The van der Waals surface area contributed by atoms with Crippen LogP contribution in [0.1, 0.15) is 30.4 Å². The Morgan fingerprint density at radius 1 is 0.741 bits per heavy atom. The monoisotopic (exact) mass is 407 g/mol. The van der Waals surface area contributed by atoms with Gasteiger partial charge in [0, 0.05) is 11.1 Å². The summed E-state index contributed by atoms with van der Waals surface area (Å²) >= 11 is 0. The van der Waals surface area contributed by atoms with Crippen LogP contribution in [-0.2, 0) is 20.0 Å². The number of hydrogen-bond acceptors (Lipinski definition) is 5. The number of benzene rings is 2. The summed E-state index contributed by atoms with van der Waals surface area (Å²) in [6.07, 6.45) is 1.17. The van der Waals surface area contributed by atoms with Crippen molar-refractivity contribution in [1.82, 2.24) is 4.90 Å². The maximum atomic E-state index is 12.8. The Labute approximate surface area is 159 Å². The molecule has 7 nitrogen and oxygen atoms in total. The van der Waals surface area contributed by atoms with Gasteiger partial charge in [-0.15, -0.1) is 0 Å². The predicted molar refractivity (Wildman–Crippen MR) is 105 cm³/mol. The van der Waals surface area contributed by atoms with Gasteiger partial charge in [0.25, 0.3) is 0 Å². The third kappa shape index (κ3) is 2.64. The molecule has 4 rings (SSSR count). The SMILES string of the molecule is CCN1C2c3ccccc3N(S(C)(=O)=O)C1c1ccccc1N2S(C)(=O)=O. The molecular formula is C18H21N3O4S2. The molecule has 144 valence electrons. The summed E-state index contributed by atoms with van der Waals surface area (Å²) in [5, 5.41) is 0. The first-order valence-electron chi connectivity index (χ1n) is 8.58. The Kier molecular flexibility index (Phi) is 4.03. The molecule has 2 aromatic carbocycles. The summed E-state index contributed by atoms with van der Waals surface area (Å²) in [7, 11) is -7.21. The molecule has 9 heteroatoms. The van der Waals surface area contributed by atoms with E-state index in [0.717, 1.165) is 0 Å². The van der Waals surface area contributed by atoms with Crippen LogP contribution in [0.3, 0.4) is 0 Å². The highest BCUT2D eigenvalue weighted by molar-refractivity contribution is 7.92. The average Bonchev–Trinajstić information content (AvgIpc) is 2.59. The molecule has 2 heterocycles. The highest BCUT2D eigenvalue weighted by Gasteiger charge is 2.51. The Morgan fingerprint density at radius 2 is 1.11 bits per heavy atom. The summed E-state index contributed by atoms with van der Waals surface area (Å²) in [6, 6.07) is 14.2. The molecule has 0 amide bonds. The molecule has 2 atom stereocenters. The van der Waals surface area contributed by atoms with Gasteiger partial charge in [-0.2, -0.15) is 0 Å². The van der Waals surface area contributed by atoms with E-state index in [-0.39, 0.29) is 0 Å². The van der Waals surface area contributed by atoms with E-state index in [4.69, 9.17) is 0 Å². The molecule has 0 fully saturated rings. The molecule has 0 saturated carbocycles. The normalized spacial score (nSPS) is 22.3. The summed E-state index contributed by atoms with van der Waals surface area (Å²) in [4.78, 5) is 1.91. The van der Waals surface area contributed by atoms with Crippen LogP contribution in [0.2, 0.25) is 0 Å². The van der Waals surface area contributed by atoms with Crippen molar-refractivity contribution >= 4 is 31.4 Å². The largest absolute Gasteiger partial charge is 0.254 e. The first-order valence-corrected chi connectivity index (χ1v) is 12.3. The molecule has 0 aromatic heterocycles. The lowest BCUT2D eigenvalue weighted by molar-refractivity contribution is 0.132. The molecule has 2 aliphatic rings. The van der Waals surface area contributed by atoms with Crippen LogP contribution in [0.15, 0.2) is 48.5 Å². The van der Waals surface area contributed by atoms with Gasteiger partial charge >= 0.3 is 0 Å². The third-order valence-electron chi connectivity index (χ3n) is 5.06. The van der Waals surface area contributed by atoms with E-state index in [0.29, 0.717) is 29.0 Å². The van der Waals surface area contributed by atoms with Gasteiger partial charge in [0.2, 0.25) is 20.0 Å². The molecule has 2 aliphatic heterocycles. The number of anilines is 2. The lowest BCUT2D eigenvalue weighted by Crippen LogP contribution is -2.58. The van der Waals surface area contributed by atoms with Gasteiger partial charge < -0.3 is 0 Å². The van der Waals surface area contributed by atoms with Crippen molar-refractivity contribution in [1.29, 1.82) is 0 Å². The minimum Gasteiger partial charge on any atom is -0.254 e. The second-order valence-corrected chi connectivity index (χ2v) is 10.5. The number of nitrogens with zero attached hydrogens (tertiary/aromatic N) is 3. The van der Waals surface area contributed by atoms with Crippen LogP contribution in [0.5, 0.6) is 0 Å². The molecule has 2 aromatic rings. The Bertz CT molecular complexity index is 1030. The Hall–Kier alpha value is -2.10. The third-order valence-corrected chi connectivity index (χ3v) is 7.28. The molecule has 2 unspecified atom stereocenters. The standard InChI is InChI=1S/C18H21N3O4S2/c1-4-19-17-14-10-6-8-12-16(14)21(27(3,24)25)18(19)13-9-5-7-11-15(13)20(17)26(2,22)23/h5-12,17-18H,4H2,1-3H3. The van der Waals surface area contributed by atoms with Gasteiger partial charge in [-0.1, -0.05) is 43.3 Å². The van der Waals surface area contributed by atoms with Gasteiger partial charge in [0.15, 0.2) is 0 Å². The average molecular weight is 408 g/mol. The van der Waals surface area contributed by atoms with E-state index < -0.39 is 32.4 Å². The number of para-hydroxylation sites is 2. The fourth-order valence-corrected chi connectivity index (χ4v) is 6.40. The van der Waals surface area contributed by atoms with E-state index in [1.54, 1.807) is 48.5 Å². The summed E-state index contributed by atoms with van der Waals surface area (Å²) in [6.45, 7) is 2.39. The van der Waals surface area contributed by atoms with Crippen molar-refractivity contribution in [2.24, 2.45) is 0 Å². The second kappa shape index (κ2) is 5.95. The highest BCUT2D eigenvalue weighted by Crippen LogP contribution is 2.54. The van der Waals surface area contributed by atoms with Gasteiger partial charge in [0.1, 0.15) is 12.3 Å². The first-order chi connectivity index (χ1) is 12.7. The van der Waals surface area contributed by atoms with E-state index in [1.165, 1.54) is 21.1 Å². The molecule has 2 bridgehead atoms. The van der Waals surface area contributed by atoms with E-state index in [1.807, 2.05) is 11.8 Å². The van der Waals surface area contributed by atoms with Crippen molar-refractivity contribution in [3.63, 3.8) is 0 Å². The topological polar surface area (TPSA) is 78.0 Å². The molecule has 0 saturated heterocycles.